The zero-order chi connectivity index (χ0) is 17.0. The van der Waals surface area contributed by atoms with Crippen LogP contribution < -0.4 is 10.6 Å². The van der Waals surface area contributed by atoms with E-state index in [1.807, 2.05) is 0 Å². The van der Waals surface area contributed by atoms with Crippen molar-refractivity contribution in [3.05, 3.63) is 53.2 Å². The number of aryl methyl sites for hydroxylation is 1. The molecule has 2 rings (SSSR count). The first-order valence-electron chi connectivity index (χ1n) is 6.64. The topological polar surface area (TPSA) is 49.8 Å². The molecule has 0 bridgehead atoms. The van der Waals surface area contributed by atoms with E-state index in [2.05, 4.69) is 27.2 Å². The first-order chi connectivity index (χ1) is 10.8. The van der Waals surface area contributed by atoms with E-state index in [1.165, 1.54) is 6.07 Å². The summed E-state index contributed by atoms with van der Waals surface area (Å²) in [6.07, 6.45) is -2.79. The van der Waals surface area contributed by atoms with Crippen molar-refractivity contribution in [2.45, 2.75) is 13.1 Å². The molecule has 0 aliphatic heterocycles. The maximum absolute atomic E-state index is 12.8. The summed E-state index contributed by atoms with van der Waals surface area (Å²) in [5.41, 5.74) is -0.0685. The van der Waals surface area contributed by atoms with Gasteiger partial charge in [-0.1, -0.05) is 17.7 Å². The van der Waals surface area contributed by atoms with Crippen LogP contribution in [0.25, 0.3) is 0 Å². The van der Waals surface area contributed by atoms with Gasteiger partial charge >= 0.3 is 6.18 Å². The molecule has 23 heavy (non-hydrogen) atoms. The summed E-state index contributed by atoms with van der Waals surface area (Å²) in [5.74, 6) is 0.681. The number of hydrogen-bond acceptors (Lipinski definition) is 4. The summed E-state index contributed by atoms with van der Waals surface area (Å²) in [4.78, 5) is 8.32. The van der Waals surface area contributed by atoms with Crippen LogP contribution in [0.1, 0.15) is 11.3 Å². The zero-order valence-electron chi connectivity index (χ0n) is 12.2. The van der Waals surface area contributed by atoms with Gasteiger partial charge in [-0.15, -0.1) is 6.58 Å². The molecule has 4 nitrogen and oxygen atoms in total. The predicted molar refractivity (Wildman–Crippen MR) is 85.2 cm³/mol. The highest BCUT2D eigenvalue weighted by molar-refractivity contribution is 6.33. The Kier molecular flexibility index (Phi) is 5.10. The quantitative estimate of drug-likeness (QED) is 0.766. The highest BCUT2D eigenvalue weighted by Gasteiger charge is 2.31. The zero-order valence-corrected chi connectivity index (χ0v) is 13.0. The SMILES string of the molecule is C=CCNc1cc(C)nc(Nc2cc(C(F)(F)F)ccc2Cl)n1. The van der Waals surface area contributed by atoms with E-state index in [-0.39, 0.29) is 16.7 Å². The Balaban J connectivity index is 2.31. The normalized spacial score (nSPS) is 11.2. The molecular weight excluding hydrogens is 329 g/mol. The molecule has 0 aliphatic carbocycles. The second kappa shape index (κ2) is 6.87. The lowest BCUT2D eigenvalue weighted by molar-refractivity contribution is -0.137. The molecule has 0 aliphatic rings. The molecular formula is C15H14ClF3N4. The Bertz CT molecular complexity index is 716. The number of alkyl halides is 3. The summed E-state index contributed by atoms with van der Waals surface area (Å²) in [6, 6.07) is 4.73. The molecule has 0 amide bonds. The van der Waals surface area contributed by atoms with Gasteiger partial charge in [0.2, 0.25) is 5.95 Å². The molecule has 122 valence electrons. The first-order valence-corrected chi connectivity index (χ1v) is 7.01. The van der Waals surface area contributed by atoms with E-state index in [1.54, 1.807) is 19.1 Å². The highest BCUT2D eigenvalue weighted by atomic mass is 35.5. The smallest absolute Gasteiger partial charge is 0.366 e. The molecule has 0 spiro atoms. The van der Waals surface area contributed by atoms with E-state index in [9.17, 15) is 13.2 Å². The molecule has 0 atom stereocenters. The van der Waals surface area contributed by atoms with Crippen LogP contribution in [-0.2, 0) is 6.18 Å². The van der Waals surface area contributed by atoms with Gasteiger partial charge in [-0.3, -0.25) is 0 Å². The van der Waals surface area contributed by atoms with Crippen molar-refractivity contribution in [2.75, 3.05) is 17.2 Å². The van der Waals surface area contributed by atoms with Crippen LogP contribution in [0.3, 0.4) is 0 Å². The number of hydrogen-bond donors (Lipinski definition) is 2. The standard InChI is InChI=1S/C15H14ClF3N4/c1-3-6-20-13-7-9(2)21-14(23-13)22-12-8-10(15(17,18)19)4-5-11(12)16/h3-5,7-8H,1,6H2,2H3,(H2,20,21,22,23). The number of aromatic nitrogens is 2. The second-order valence-corrected chi connectivity index (χ2v) is 5.11. The minimum atomic E-state index is -4.45. The summed E-state index contributed by atoms with van der Waals surface area (Å²) < 4.78 is 38.4. The molecule has 0 saturated carbocycles. The summed E-state index contributed by atoms with van der Waals surface area (Å²) in [7, 11) is 0. The average molecular weight is 343 g/mol. The average Bonchev–Trinajstić information content (AvgIpc) is 2.45. The molecule has 0 fully saturated rings. The fraction of sp³-hybridized carbons (Fsp3) is 0.200. The van der Waals surface area contributed by atoms with Crippen LogP contribution in [0.15, 0.2) is 36.9 Å². The van der Waals surface area contributed by atoms with Gasteiger partial charge in [0.1, 0.15) is 5.82 Å². The van der Waals surface area contributed by atoms with E-state index in [4.69, 9.17) is 11.6 Å². The van der Waals surface area contributed by atoms with Crippen LogP contribution in [0.2, 0.25) is 5.02 Å². The maximum atomic E-state index is 12.8. The number of benzene rings is 1. The van der Waals surface area contributed by atoms with Crippen molar-refractivity contribution in [1.82, 2.24) is 9.97 Å². The van der Waals surface area contributed by atoms with Gasteiger partial charge in [0.05, 0.1) is 16.3 Å². The van der Waals surface area contributed by atoms with Crippen molar-refractivity contribution in [3.63, 3.8) is 0 Å². The number of rotatable bonds is 5. The molecule has 1 aromatic carbocycles. The van der Waals surface area contributed by atoms with E-state index in [0.29, 0.717) is 18.1 Å². The predicted octanol–water partition coefficient (Wildman–Crippen LogP) is 4.80. The Morgan fingerprint density at radius 2 is 2.00 bits per heavy atom. The lowest BCUT2D eigenvalue weighted by Gasteiger charge is -2.12. The van der Waals surface area contributed by atoms with E-state index >= 15 is 0 Å². The lowest BCUT2D eigenvalue weighted by Crippen LogP contribution is -2.07. The van der Waals surface area contributed by atoms with Crippen molar-refractivity contribution < 1.29 is 13.2 Å². The van der Waals surface area contributed by atoms with Gasteiger partial charge in [0, 0.05) is 18.3 Å². The van der Waals surface area contributed by atoms with Crippen LogP contribution in [0, 0.1) is 6.92 Å². The van der Waals surface area contributed by atoms with Gasteiger partial charge in [0.25, 0.3) is 0 Å². The number of anilines is 3. The minimum Gasteiger partial charge on any atom is -0.366 e. The summed E-state index contributed by atoms with van der Waals surface area (Å²) in [6.45, 7) is 5.84. The fourth-order valence-corrected chi connectivity index (χ4v) is 1.97. The van der Waals surface area contributed by atoms with Crippen LogP contribution in [-0.4, -0.2) is 16.5 Å². The molecule has 1 heterocycles. The van der Waals surface area contributed by atoms with E-state index < -0.39 is 11.7 Å². The molecule has 2 aromatic rings. The van der Waals surface area contributed by atoms with Gasteiger partial charge < -0.3 is 10.6 Å². The van der Waals surface area contributed by atoms with Crippen LogP contribution in [0.4, 0.5) is 30.6 Å². The van der Waals surface area contributed by atoms with Crippen LogP contribution in [0.5, 0.6) is 0 Å². The van der Waals surface area contributed by atoms with Crippen molar-refractivity contribution in [3.8, 4) is 0 Å². The minimum absolute atomic E-state index is 0.0850. The van der Waals surface area contributed by atoms with Gasteiger partial charge in [-0.2, -0.15) is 18.2 Å². The van der Waals surface area contributed by atoms with Gasteiger partial charge in [-0.25, -0.2) is 4.98 Å². The third-order valence-electron chi connectivity index (χ3n) is 2.82. The molecule has 8 heteroatoms. The summed E-state index contributed by atoms with van der Waals surface area (Å²) in [5, 5.41) is 5.85. The fourth-order valence-electron chi connectivity index (χ4n) is 1.81. The Hall–Kier alpha value is -2.28. The molecule has 0 radical (unpaired) electrons. The Morgan fingerprint density at radius 3 is 2.65 bits per heavy atom. The lowest BCUT2D eigenvalue weighted by atomic mass is 10.2. The molecule has 0 saturated heterocycles. The van der Waals surface area contributed by atoms with Crippen molar-refractivity contribution >= 4 is 29.1 Å². The number of nitrogens with zero attached hydrogens (tertiary/aromatic N) is 2. The van der Waals surface area contributed by atoms with Crippen molar-refractivity contribution in [2.24, 2.45) is 0 Å². The largest absolute Gasteiger partial charge is 0.416 e. The second-order valence-electron chi connectivity index (χ2n) is 4.71. The molecule has 0 unspecified atom stereocenters. The highest BCUT2D eigenvalue weighted by Crippen LogP contribution is 2.34. The monoisotopic (exact) mass is 342 g/mol. The van der Waals surface area contributed by atoms with E-state index in [0.717, 1.165) is 12.1 Å². The Labute approximate surface area is 136 Å². The first kappa shape index (κ1) is 17.1. The number of nitrogens with one attached hydrogen (secondary N) is 2. The number of halogens is 4. The van der Waals surface area contributed by atoms with Crippen LogP contribution >= 0.6 is 11.6 Å². The molecule has 2 N–H and O–H groups in total. The maximum Gasteiger partial charge on any atom is 0.416 e. The summed E-state index contributed by atoms with van der Waals surface area (Å²) >= 11 is 5.95. The van der Waals surface area contributed by atoms with Gasteiger partial charge in [-0.05, 0) is 25.1 Å². The third-order valence-corrected chi connectivity index (χ3v) is 3.15. The third kappa shape index (κ3) is 4.59. The Morgan fingerprint density at radius 1 is 1.26 bits per heavy atom. The van der Waals surface area contributed by atoms with Gasteiger partial charge in [0.15, 0.2) is 0 Å². The molecule has 1 aromatic heterocycles. The van der Waals surface area contributed by atoms with Crippen molar-refractivity contribution in [1.29, 1.82) is 0 Å².